The fourth-order valence-corrected chi connectivity index (χ4v) is 2.62. The van der Waals surface area contributed by atoms with E-state index in [4.69, 9.17) is 9.15 Å². The molecule has 1 N–H and O–H groups in total. The molecule has 24 heavy (non-hydrogen) atoms. The minimum atomic E-state index is -0.502. The molecule has 126 valence electrons. The Labute approximate surface area is 137 Å². The smallest absolute Gasteiger partial charge is 0.420 e. The third-order valence-electron chi connectivity index (χ3n) is 3.73. The van der Waals surface area contributed by atoms with E-state index in [2.05, 4.69) is 11.9 Å². The van der Waals surface area contributed by atoms with Crippen molar-refractivity contribution < 1.29 is 18.7 Å². The lowest BCUT2D eigenvalue weighted by atomic mass is 10.2. The Bertz CT molecular complexity index is 866. The molecule has 1 saturated heterocycles. The van der Waals surface area contributed by atoms with Gasteiger partial charge in [-0.05, 0) is 12.1 Å². The molecule has 2 aromatic rings. The summed E-state index contributed by atoms with van der Waals surface area (Å²) in [5.41, 5.74) is 1.58. The number of cyclic esters (lactones) is 1. The van der Waals surface area contributed by atoms with Gasteiger partial charge in [0.05, 0.1) is 24.3 Å². The normalized spacial score (nSPS) is 17.1. The third kappa shape index (κ3) is 2.90. The second-order valence-electron chi connectivity index (χ2n) is 5.47. The number of allylic oxidation sites excluding steroid dienone is 1. The average molecular weight is 331 g/mol. The molecular weight excluding hydrogens is 314 g/mol. The maximum Gasteiger partial charge on any atom is 0.420 e. The van der Waals surface area contributed by atoms with Crippen LogP contribution in [0, 0.1) is 0 Å². The maximum absolute atomic E-state index is 12.0. The molecule has 0 unspecified atom stereocenters. The number of aromatic nitrogens is 1. The maximum atomic E-state index is 12.0. The van der Waals surface area contributed by atoms with Crippen LogP contribution < -0.4 is 16.0 Å². The number of hydrogen-bond donors (Lipinski definition) is 1. The molecule has 0 spiro atoms. The highest BCUT2D eigenvalue weighted by Gasteiger charge is 2.32. The summed E-state index contributed by atoms with van der Waals surface area (Å²) in [6.07, 6.45) is 0.682. The summed E-state index contributed by atoms with van der Waals surface area (Å²) >= 11 is 0. The van der Waals surface area contributed by atoms with Gasteiger partial charge >= 0.3 is 11.8 Å². The monoisotopic (exact) mass is 331 g/mol. The van der Waals surface area contributed by atoms with Gasteiger partial charge < -0.3 is 14.5 Å². The highest BCUT2D eigenvalue weighted by atomic mass is 16.6. The summed E-state index contributed by atoms with van der Waals surface area (Å²) in [6, 6.07) is 5.06. The first-order chi connectivity index (χ1) is 11.5. The zero-order valence-corrected chi connectivity index (χ0v) is 13.2. The van der Waals surface area contributed by atoms with Crippen LogP contribution in [0.5, 0.6) is 0 Å². The van der Waals surface area contributed by atoms with Crippen LogP contribution in [0.4, 0.5) is 10.5 Å². The number of oxazole rings is 1. The molecule has 8 heteroatoms. The van der Waals surface area contributed by atoms with E-state index < -0.39 is 18.0 Å². The number of nitrogens with zero attached hydrogens (tertiary/aromatic N) is 2. The van der Waals surface area contributed by atoms with Crippen molar-refractivity contribution in [3.8, 4) is 0 Å². The van der Waals surface area contributed by atoms with Gasteiger partial charge in [-0.1, -0.05) is 6.08 Å². The summed E-state index contributed by atoms with van der Waals surface area (Å²) in [7, 11) is 0. The van der Waals surface area contributed by atoms with Crippen molar-refractivity contribution in [2.45, 2.75) is 19.6 Å². The number of carbonyl (C=O) groups is 2. The molecule has 1 fully saturated rings. The Morgan fingerprint density at radius 2 is 2.25 bits per heavy atom. The van der Waals surface area contributed by atoms with Crippen molar-refractivity contribution in [3.05, 3.63) is 41.4 Å². The van der Waals surface area contributed by atoms with E-state index in [1.54, 1.807) is 24.3 Å². The van der Waals surface area contributed by atoms with E-state index in [1.807, 2.05) is 0 Å². The zero-order valence-electron chi connectivity index (χ0n) is 13.2. The first kappa shape index (κ1) is 15.9. The van der Waals surface area contributed by atoms with Gasteiger partial charge in [-0.3, -0.25) is 14.3 Å². The Morgan fingerprint density at radius 3 is 2.96 bits per heavy atom. The Balaban J connectivity index is 1.84. The van der Waals surface area contributed by atoms with E-state index in [0.29, 0.717) is 29.9 Å². The highest BCUT2D eigenvalue weighted by molar-refractivity contribution is 5.92. The van der Waals surface area contributed by atoms with Crippen LogP contribution in [-0.4, -0.2) is 35.8 Å². The third-order valence-corrected chi connectivity index (χ3v) is 3.73. The second kappa shape index (κ2) is 6.23. The minimum Gasteiger partial charge on any atom is -0.442 e. The van der Waals surface area contributed by atoms with Crippen LogP contribution in [0.2, 0.25) is 0 Å². The molecule has 8 nitrogen and oxygen atoms in total. The van der Waals surface area contributed by atoms with Crippen molar-refractivity contribution in [2.24, 2.45) is 0 Å². The summed E-state index contributed by atoms with van der Waals surface area (Å²) in [4.78, 5) is 36.2. The van der Waals surface area contributed by atoms with Gasteiger partial charge in [0.25, 0.3) is 0 Å². The predicted molar refractivity (Wildman–Crippen MR) is 87.0 cm³/mol. The number of ether oxygens (including phenoxy) is 1. The number of anilines is 1. The van der Waals surface area contributed by atoms with Crippen molar-refractivity contribution >= 4 is 28.8 Å². The summed E-state index contributed by atoms with van der Waals surface area (Å²) in [5, 5.41) is 2.62. The van der Waals surface area contributed by atoms with Gasteiger partial charge in [-0.2, -0.15) is 0 Å². The molecule has 0 saturated carbocycles. The standard InChI is InChI=1S/C16H17N3O5/c1-3-6-18-13-5-4-11(7-14(13)24-15(18)21)19-9-12(23-16(19)22)8-17-10(2)20/h3-5,7,12H,1,6,8-9H2,2H3,(H,17,20)/t12-/m0/s1. The number of fused-ring (bicyclic) bond motifs is 1. The molecule has 2 amide bonds. The van der Waals surface area contributed by atoms with Gasteiger partial charge in [0.15, 0.2) is 5.58 Å². The molecule has 1 atom stereocenters. The topological polar surface area (TPSA) is 93.8 Å². The van der Waals surface area contributed by atoms with Gasteiger partial charge in [-0.15, -0.1) is 6.58 Å². The van der Waals surface area contributed by atoms with Gasteiger partial charge in [0.1, 0.15) is 6.10 Å². The molecule has 0 aliphatic carbocycles. The van der Waals surface area contributed by atoms with Crippen molar-refractivity contribution in [1.29, 1.82) is 0 Å². The van der Waals surface area contributed by atoms with E-state index >= 15 is 0 Å². The van der Waals surface area contributed by atoms with Crippen LogP contribution in [0.1, 0.15) is 6.92 Å². The first-order valence-electron chi connectivity index (χ1n) is 7.46. The highest BCUT2D eigenvalue weighted by Crippen LogP contribution is 2.25. The van der Waals surface area contributed by atoms with Crippen LogP contribution in [0.3, 0.4) is 0 Å². The number of nitrogens with one attached hydrogen (secondary N) is 1. The first-order valence-corrected chi connectivity index (χ1v) is 7.46. The number of benzene rings is 1. The Morgan fingerprint density at radius 1 is 1.46 bits per heavy atom. The van der Waals surface area contributed by atoms with E-state index in [0.717, 1.165) is 0 Å². The molecule has 1 aromatic heterocycles. The fraction of sp³-hybridized carbons (Fsp3) is 0.312. The van der Waals surface area contributed by atoms with Crippen LogP contribution >= 0.6 is 0 Å². The number of hydrogen-bond acceptors (Lipinski definition) is 5. The van der Waals surface area contributed by atoms with Crippen molar-refractivity contribution in [1.82, 2.24) is 9.88 Å². The minimum absolute atomic E-state index is 0.184. The summed E-state index contributed by atoms with van der Waals surface area (Å²) in [6.45, 7) is 5.92. The van der Waals surface area contributed by atoms with Crippen molar-refractivity contribution in [3.63, 3.8) is 0 Å². The van der Waals surface area contributed by atoms with Crippen molar-refractivity contribution in [2.75, 3.05) is 18.0 Å². The predicted octanol–water partition coefficient (Wildman–Crippen LogP) is 1.24. The van der Waals surface area contributed by atoms with E-state index in [-0.39, 0.29) is 12.5 Å². The summed E-state index contributed by atoms with van der Waals surface area (Å²) < 4.78 is 11.9. The molecule has 2 heterocycles. The second-order valence-corrected chi connectivity index (χ2v) is 5.47. The van der Waals surface area contributed by atoms with Crippen LogP contribution in [-0.2, 0) is 16.1 Å². The molecule has 0 bridgehead atoms. The lowest BCUT2D eigenvalue weighted by molar-refractivity contribution is -0.119. The lowest BCUT2D eigenvalue weighted by Crippen LogP contribution is -2.33. The lowest BCUT2D eigenvalue weighted by Gasteiger charge is -2.12. The molecule has 1 aliphatic heterocycles. The van der Waals surface area contributed by atoms with E-state index in [9.17, 15) is 14.4 Å². The molecule has 1 aromatic carbocycles. The zero-order chi connectivity index (χ0) is 17.3. The average Bonchev–Trinajstić information content (AvgIpc) is 3.05. The van der Waals surface area contributed by atoms with E-state index in [1.165, 1.54) is 16.4 Å². The molecule has 3 rings (SSSR count). The van der Waals surface area contributed by atoms with Crippen LogP contribution in [0.15, 0.2) is 40.1 Å². The SMILES string of the molecule is C=CCn1c(=O)oc2cc(N3C[C@H](CNC(C)=O)OC3=O)ccc21. The van der Waals surface area contributed by atoms with Gasteiger partial charge in [0, 0.05) is 19.5 Å². The Kier molecular flexibility index (Phi) is 4.11. The van der Waals surface area contributed by atoms with Gasteiger partial charge in [-0.25, -0.2) is 9.59 Å². The number of amides is 2. The quantitative estimate of drug-likeness (QED) is 0.832. The number of carbonyl (C=O) groups excluding carboxylic acids is 2. The summed E-state index contributed by atoms with van der Waals surface area (Å²) in [5.74, 6) is -0.661. The molecular formula is C16H17N3O5. The number of rotatable bonds is 5. The van der Waals surface area contributed by atoms with Gasteiger partial charge in [0.2, 0.25) is 5.91 Å². The molecule has 1 aliphatic rings. The molecule has 0 radical (unpaired) electrons. The fourth-order valence-electron chi connectivity index (χ4n) is 2.62. The largest absolute Gasteiger partial charge is 0.442 e. The Hall–Kier alpha value is -3.03. The van der Waals surface area contributed by atoms with Crippen LogP contribution in [0.25, 0.3) is 11.1 Å².